The molecule has 2 aliphatic rings. The molecule has 4 nitrogen and oxygen atoms in total. The average molecular weight is 238 g/mol. The van der Waals surface area contributed by atoms with Gasteiger partial charge in [0, 0.05) is 6.42 Å². The van der Waals surface area contributed by atoms with E-state index in [1.807, 2.05) is 0 Å². The Morgan fingerprint density at radius 1 is 1.27 bits per heavy atom. The first kappa shape index (κ1) is 13.2. The number of rotatable bonds is 0. The predicted octanol–water partition coefficient (Wildman–Crippen LogP) is 0.0626. The van der Waals surface area contributed by atoms with E-state index in [4.69, 9.17) is 4.74 Å². The molecule has 2 heterocycles. The van der Waals surface area contributed by atoms with Gasteiger partial charge >= 0.3 is 0 Å². The average Bonchev–Trinajstić information content (AvgIpc) is 2.16. The molecule has 90 valence electrons. The van der Waals surface area contributed by atoms with E-state index in [0.29, 0.717) is 13.0 Å². The maximum Gasteiger partial charge on any atom is 0.111 e. The zero-order chi connectivity index (χ0) is 10.2. The van der Waals surface area contributed by atoms with E-state index in [1.54, 1.807) is 6.92 Å². The fourth-order valence-corrected chi connectivity index (χ4v) is 2.51. The summed E-state index contributed by atoms with van der Waals surface area (Å²) < 4.78 is 5.70. The summed E-state index contributed by atoms with van der Waals surface area (Å²) in [6, 6.07) is 0. The highest BCUT2D eigenvalue weighted by Gasteiger charge is 2.51. The van der Waals surface area contributed by atoms with Gasteiger partial charge in [0.15, 0.2) is 0 Å². The lowest BCUT2D eigenvalue weighted by Gasteiger charge is -2.50. The summed E-state index contributed by atoms with van der Waals surface area (Å²) in [7, 11) is 0. The van der Waals surface area contributed by atoms with Gasteiger partial charge in [-0.1, -0.05) is 0 Å². The summed E-state index contributed by atoms with van der Waals surface area (Å²) in [6.07, 6.45) is 1.32. The van der Waals surface area contributed by atoms with Crippen LogP contribution in [0.4, 0.5) is 0 Å². The molecule has 15 heavy (non-hydrogen) atoms. The van der Waals surface area contributed by atoms with Crippen LogP contribution < -0.4 is 5.32 Å². The Hall–Kier alpha value is 0.130. The summed E-state index contributed by atoms with van der Waals surface area (Å²) in [6.45, 7) is 3.95. The van der Waals surface area contributed by atoms with Gasteiger partial charge in [0.25, 0.3) is 0 Å². The van der Waals surface area contributed by atoms with Crippen LogP contribution in [0.25, 0.3) is 0 Å². The molecule has 2 atom stereocenters. The Labute approximate surface area is 96.4 Å². The maximum atomic E-state index is 10.1. The molecular weight excluding hydrogens is 218 g/mol. The minimum atomic E-state index is -0.990. The minimum absolute atomic E-state index is 0. The molecule has 0 aromatic rings. The molecule has 0 radical (unpaired) electrons. The van der Waals surface area contributed by atoms with Crippen molar-refractivity contribution in [1.29, 1.82) is 0 Å². The van der Waals surface area contributed by atoms with Crippen LogP contribution in [0, 0.1) is 0 Å². The van der Waals surface area contributed by atoms with Gasteiger partial charge in [-0.25, -0.2) is 0 Å². The summed E-state index contributed by atoms with van der Waals surface area (Å²) in [4.78, 5) is 0. The number of aliphatic hydroxyl groups excluding tert-OH is 1. The van der Waals surface area contributed by atoms with Crippen molar-refractivity contribution in [2.24, 2.45) is 0 Å². The van der Waals surface area contributed by atoms with Crippen molar-refractivity contribution >= 4 is 12.4 Å². The number of halogens is 1. The Kier molecular flexibility index (Phi) is 4.01. The van der Waals surface area contributed by atoms with Gasteiger partial charge in [0.05, 0.1) is 17.8 Å². The van der Waals surface area contributed by atoms with Crippen LogP contribution in [0.15, 0.2) is 0 Å². The lowest BCUT2D eigenvalue weighted by molar-refractivity contribution is -0.240. The van der Waals surface area contributed by atoms with Crippen LogP contribution in [0.3, 0.4) is 0 Å². The van der Waals surface area contributed by atoms with E-state index < -0.39 is 17.3 Å². The molecular formula is C10H20ClNO3. The number of ether oxygens (including phenoxy) is 1. The number of hydrogen-bond donors (Lipinski definition) is 3. The van der Waals surface area contributed by atoms with Crippen LogP contribution >= 0.6 is 12.4 Å². The molecule has 2 fully saturated rings. The van der Waals surface area contributed by atoms with Crippen LogP contribution in [0.5, 0.6) is 0 Å². The monoisotopic (exact) mass is 237 g/mol. The Bertz CT molecular complexity index is 211. The Morgan fingerprint density at radius 2 is 1.87 bits per heavy atom. The molecule has 5 heteroatoms. The Morgan fingerprint density at radius 3 is 2.47 bits per heavy atom. The molecule has 0 unspecified atom stereocenters. The zero-order valence-corrected chi connectivity index (χ0v) is 9.85. The molecule has 0 saturated carbocycles. The van der Waals surface area contributed by atoms with Gasteiger partial charge in [-0.2, -0.15) is 0 Å². The molecule has 0 aliphatic carbocycles. The highest BCUT2D eigenvalue weighted by atomic mass is 35.5. The second kappa shape index (κ2) is 4.55. The van der Waals surface area contributed by atoms with E-state index in [-0.39, 0.29) is 12.4 Å². The molecule has 0 bridgehead atoms. The Balaban J connectivity index is 0.00000112. The quantitative estimate of drug-likeness (QED) is 0.558. The molecule has 0 amide bonds. The van der Waals surface area contributed by atoms with Crippen molar-refractivity contribution in [2.45, 2.75) is 43.5 Å². The first-order chi connectivity index (χ1) is 6.57. The van der Waals surface area contributed by atoms with Crippen LogP contribution in [0.2, 0.25) is 0 Å². The zero-order valence-electron chi connectivity index (χ0n) is 9.03. The second-order valence-corrected chi connectivity index (χ2v) is 4.67. The van der Waals surface area contributed by atoms with Crippen molar-refractivity contribution in [3.05, 3.63) is 0 Å². The van der Waals surface area contributed by atoms with Crippen LogP contribution in [0.1, 0.15) is 26.2 Å². The van der Waals surface area contributed by atoms with E-state index in [2.05, 4.69) is 5.32 Å². The van der Waals surface area contributed by atoms with E-state index >= 15 is 0 Å². The van der Waals surface area contributed by atoms with Gasteiger partial charge in [0.2, 0.25) is 0 Å². The fourth-order valence-electron chi connectivity index (χ4n) is 2.51. The number of hydrogen-bond acceptors (Lipinski definition) is 4. The van der Waals surface area contributed by atoms with Crippen molar-refractivity contribution in [2.75, 3.05) is 19.7 Å². The van der Waals surface area contributed by atoms with E-state index in [0.717, 1.165) is 25.9 Å². The lowest BCUT2D eigenvalue weighted by atomic mass is 9.75. The fraction of sp³-hybridized carbons (Fsp3) is 1.00. The molecule has 2 rings (SSSR count). The molecule has 0 aromatic carbocycles. The summed E-state index contributed by atoms with van der Waals surface area (Å²) in [5.41, 5.74) is -1.50. The number of nitrogens with one attached hydrogen (secondary N) is 1. The van der Waals surface area contributed by atoms with Crippen LogP contribution in [-0.2, 0) is 4.74 Å². The first-order valence-electron chi connectivity index (χ1n) is 5.32. The van der Waals surface area contributed by atoms with Gasteiger partial charge < -0.3 is 20.3 Å². The van der Waals surface area contributed by atoms with E-state index in [1.165, 1.54) is 0 Å². The summed E-state index contributed by atoms with van der Waals surface area (Å²) in [5, 5.41) is 23.4. The van der Waals surface area contributed by atoms with Gasteiger partial charge in [-0.05, 0) is 32.9 Å². The van der Waals surface area contributed by atoms with Crippen molar-refractivity contribution in [1.82, 2.24) is 5.32 Å². The highest BCUT2D eigenvalue weighted by molar-refractivity contribution is 5.85. The number of aliphatic hydroxyl groups is 2. The number of piperidine rings is 1. The van der Waals surface area contributed by atoms with Gasteiger partial charge in [-0.15, -0.1) is 12.4 Å². The third kappa shape index (κ3) is 2.29. The highest BCUT2D eigenvalue weighted by Crippen LogP contribution is 2.38. The standard InChI is InChI=1S/C10H19NO3.ClH/c1-9(13)4-7-14-10(8(9)12)2-5-11-6-3-10;/h8,11-13H,2-7H2,1H3;1H/t8-,9+;/m0./s1. The third-order valence-electron chi connectivity index (χ3n) is 3.54. The first-order valence-corrected chi connectivity index (χ1v) is 5.32. The molecule has 3 N–H and O–H groups in total. The van der Waals surface area contributed by atoms with E-state index in [9.17, 15) is 10.2 Å². The molecule has 1 spiro atoms. The van der Waals surface area contributed by atoms with Crippen molar-refractivity contribution in [3.8, 4) is 0 Å². The summed E-state index contributed by atoms with van der Waals surface area (Å²) >= 11 is 0. The predicted molar refractivity (Wildman–Crippen MR) is 59.3 cm³/mol. The lowest BCUT2D eigenvalue weighted by Crippen LogP contribution is -2.63. The summed E-state index contributed by atoms with van der Waals surface area (Å²) in [5.74, 6) is 0. The maximum absolute atomic E-state index is 10.1. The second-order valence-electron chi connectivity index (χ2n) is 4.67. The largest absolute Gasteiger partial charge is 0.387 e. The topological polar surface area (TPSA) is 61.7 Å². The van der Waals surface area contributed by atoms with Crippen molar-refractivity contribution in [3.63, 3.8) is 0 Å². The normalized spacial score (nSPS) is 39.8. The van der Waals surface area contributed by atoms with Gasteiger partial charge in [0.1, 0.15) is 6.10 Å². The molecule has 2 aliphatic heterocycles. The molecule has 2 saturated heterocycles. The smallest absolute Gasteiger partial charge is 0.111 e. The van der Waals surface area contributed by atoms with Gasteiger partial charge in [-0.3, -0.25) is 0 Å². The van der Waals surface area contributed by atoms with Crippen molar-refractivity contribution < 1.29 is 14.9 Å². The third-order valence-corrected chi connectivity index (χ3v) is 3.54. The van der Waals surface area contributed by atoms with Crippen LogP contribution in [-0.4, -0.2) is 47.2 Å². The SMILES string of the molecule is C[C@@]1(O)CCOC2(CCNCC2)[C@H]1O.Cl. The molecule has 0 aromatic heterocycles. The minimum Gasteiger partial charge on any atom is -0.387 e.